The van der Waals surface area contributed by atoms with Crippen molar-refractivity contribution in [2.24, 2.45) is 23.7 Å². The molecule has 0 aromatic carbocycles. The van der Waals surface area contributed by atoms with Crippen LogP contribution >= 0.6 is 0 Å². The van der Waals surface area contributed by atoms with Gasteiger partial charge >= 0.3 is 5.97 Å². The minimum absolute atomic E-state index is 0.0373. The van der Waals surface area contributed by atoms with E-state index in [1.807, 2.05) is 32.9 Å². The summed E-state index contributed by atoms with van der Waals surface area (Å²) >= 11 is 0. The van der Waals surface area contributed by atoms with Gasteiger partial charge in [0.15, 0.2) is 17.1 Å². The molecule has 7 atom stereocenters. The van der Waals surface area contributed by atoms with E-state index in [1.165, 1.54) is 0 Å². The van der Waals surface area contributed by atoms with Gasteiger partial charge in [-0.05, 0) is 18.3 Å². The van der Waals surface area contributed by atoms with Gasteiger partial charge in [0.25, 0.3) is 0 Å². The van der Waals surface area contributed by atoms with Gasteiger partial charge in [0.1, 0.15) is 17.8 Å². The van der Waals surface area contributed by atoms with Gasteiger partial charge in [-0.25, -0.2) is 4.79 Å². The lowest BCUT2D eigenvalue weighted by Crippen LogP contribution is -2.63. The van der Waals surface area contributed by atoms with Crippen LogP contribution in [0.5, 0.6) is 0 Å². The van der Waals surface area contributed by atoms with Crippen molar-refractivity contribution < 1.29 is 24.2 Å². The van der Waals surface area contributed by atoms with Gasteiger partial charge in [0.05, 0.1) is 5.92 Å². The summed E-state index contributed by atoms with van der Waals surface area (Å²) in [6.45, 7) is 9.93. The molecule has 5 heteroatoms. The maximum Gasteiger partial charge on any atom is 0.346 e. The van der Waals surface area contributed by atoms with Gasteiger partial charge in [-0.3, -0.25) is 4.79 Å². The fourth-order valence-electron chi connectivity index (χ4n) is 4.86. The van der Waals surface area contributed by atoms with Crippen molar-refractivity contribution in [3.63, 3.8) is 0 Å². The molecule has 0 amide bonds. The molecule has 0 aromatic heterocycles. The van der Waals surface area contributed by atoms with Crippen LogP contribution in [0, 0.1) is 23.7 Å². The summed E-state index contributed by atoms with van der Waals surface area (Å²) in [7, 11) is 0. The highest BCUT2D eigenvalue weighted by molar-refractivity contribution is 6.20. The SMILES string of the molecule is C=C1/C=C/C2C(O)C3OC4=C(C(=O)OC42CC3C)C(=O)C(C)CC1C. The quantitative estimate of drug-likeness (QED) is 0.539. The Labute approximate surface area is 147 Å². The minimum Gasteiger partial charge on any atom is -0.486 e. The lowest BCUT2D eigenvalue weighted by Gasteiger charge is -2.54. The number of esters is 1. The third kappa shape index (κ3) is 2.11. The van der Waals surface area contributed by atoms with Crippen molar-refractivity contribution >= 4 is 11.8 Å². The number of Topliss-reactive ketones (excluding diaryl/α,β-unsaturated/α-hetero) is 1. The van der Waals surface area contributed by atoms with Crippen LogP contribution in [0.25, 0.3) is 0 Å². The van der Waals surface area contributed by atoms with E-state index in [-0.39, 0.29) is 29.1 Å². The van der Waals surface area contributed by atoms with Gasteiger partial charge in [-0.2, -0.15) is 0 Å². The van der Waals surface area contributed by atoms with Crippen LogP contribution in [0.15, 0.2) is 35.6 Å². The Morgan fingerprint density at radius 1 is 1.24 bits per heavy atom. The van der Waals surface area contributed by atoms with Gasteiger partial charge in [0.2, 0.25) is 0 Å². The monoisotopic (exact) mass is 344 g/mol. The second kappa shape index (κ2) is 5.31. The molecule has 1 N–H and O–H groups in total. The van der Waals surface area contributed by atoms with Gasteiger partial charge < -0.3 is 14.6 Å². The lowest BCUT2D eigenvalue weighted by molar-refractivity contribution is -0.220. The van der Waals surface area contributed by atoms with Crippen molar-refractivity contribution in [2.45, 2.75) is 51.4 Å². The van der Waals surface area contributed by atoms with E-state index in [9.17, 15) is 14.7 Å². The molecule has 3 aliphatic heterocycles. The highest BCUT2D eigenvalue weighted by Crippen LogP contribution is 2.56. The normalized spacial score (nSPS) is 47.3. The number of allylic oxidation sites excluding steroid dienone is 2. The lowest BCUT2D eigenvalue weighted by atomic mass is 9.64. The van der Waals surface area contributed by atoms with E-state index in [2.05, 4.69) is 6.58 Å². The number of aliphatic hydroxyl groups is 1. The first-order valence-corrected chi connectivity index (χ1v) is 9.00. The Balaban J connectivity index is 1.93. The molecule has 2 aliphatic carbocycles. The number of carbonyl (C=O) groups is 2. The molecule has 5 rings (SSSR count). The summed E-state index contributed by atoms with van der Waals surface area (Å²) in [6.07, 6.45) is 3.73. The molecule has 1 spiro atoms. The molecule has 5 aliphatic rings. The first-order valence-electron chi connectivity index (χ1n) is 9.00. The maximum atomic E-state index is 13.0. The molecule has 5 bridgehead atoms. The van der Waals surface area contributed by atoms with E-state index in [0.717, 1.165) is 5.57 Å². The predicted octanol–water partition coefficient (Wildman–Crippen LogP) is 2.31. The van der Waals surface area contributed by atoms with Crippen molar-refractivity contribution in [1.82, 2.24) is 0 Å². The molecule has 0 radical (unpaired) electrons. The Bertz CT molecular complexity index is 732. The number of carbonyl (C=O) groups excluding carboxylic acids is 2. The third-order valence-corrected chi connectivity index (χ3v) is 6.33. The smallest absolute Gasteiger partial charge is 0.346 e. The zero-order valence-corrected chi connectivity index (χ0v) is 14.8. The highest BCUT2D eigenvalue weighted by atomic mass is 16.6. The Kier molecular flexibility index (Phi) is 3.52. The van der Waals surface area contributed by atoms with Crippen LogP contribution in [0.3, 0.4) is 0 Å². The first-order chi connectivity index (χ1) is 11.8. The molecule has 5 nitrogen and oxygen atoms in total. The Morgan fingerprint density at radius 2 is 1.96 bits per heavy atom. The van der Waals surface area contributed by atoms with Crippen molar-refractivity contribution in [3.05, 3.63) is 35.6 Å². The molecule has 7 unspecified atom stereocenters. The molecule has 25 heavy (non-hydrogen) atoms. The second-order valence-corrected chi connectivity index (χ2v) is 8.10. The first kappa shape index (κ1) is 16.6. The fraction of sp³-hybridized carbons (Fsp3) is 0.600. The molecule has 0 aromatic rings. The van der Waals surface area contributed by atoms with E-state index in [1.54, 1.807) is 0 Å². The molecule has 3 fully saturated rings. The zero-order valence-electron chi connectivity index (χ0n) is 14.8. The summed E-state index contributed by atoms with van der Waals surface area (Å²) in [6, 6.07) is 0. The maximum absolute atomic E-state index is 13.0. The van der Waals surface area contributed by atoms with E-state index in [0.29, 0.717) is 18.6 Å². The van der Waals surface area contributed by atoms with Gasteiger partial charge in [0, 0.05) is 12.3 Å². The third-order valence-electron chi connectivity index (χ3n) is 6.33. The number of aliphatic hydroxyl groups excluding tert-OH is 1. The highest BCUT2D eigenvalue weighted by Gasteiger charge is 2.67. The summed E-state index contributed by atoms with van der Waals surface area (Å²) < 4.78 is 11.7. The molecule has 3 heterocycles. The largest absolute Gasteiger partial charge is 0.486 e. The summed E-state index contributed by atoms with van der Waals surface area (Å²) in [5.74, 6) is -1.10. The number of rotatable bonds is 0. The standard InChI is InChI=1S/C20H24O5/c1-9-5-6-13-16(22)17-12(4)8-20(13)18(24-17)14(19(23)25-20)15(21)11(3)7-10(9)2/h5-6,10-13,16-17,22H,1,7-8H2,2-4H3/b6-5+. The van der Waals surface area contributed by atoms with E-state index in [4.69, 9.17) is 9.47 Å². The number of ether oxygens (including phenoxy) is 2. The fourth-order valence-corrected chi connectivity index (χ4v) is 4.86. The molecular weight excluding hydrogens is 320 g/mol. The van der Waals surface area contributed by atoms with Crippen molar-refractivity contribution in [1.29, 1.82) is 0 Å². The van der Waals surface area contributed by atoms with Crippen LogP contribution in [0.1, 0.15) is 33.6 Å². The van der Waals surface area contributed by atoms with Crippen molar-refractivity contribution in [3.8, 4) is 0 Å². The van der Waals surface area contributed by atoms with Crippen molar-refractivity contribution in [2.75, 3.05) is 0 Å². The number of hydrogen-bond acceptors (Lipinski definition) is 5. The van der Waals surface area contributed by atoms with Crippen LogP contribution in [0.4, 0.5) is 0 Å². The van der Waals surface area contributed by atoms with Crippen LogP contribution in [-0.2, 0) is 19.1 Å². The average Bonchev–Trinajstić information content (AvgIpc) is 2.83. The Hall–Kier alpha value is -1.88. The predicted molar refractivity (Wildman–Crippen MR) is 90.2 cm³/mol. The zero-order chi connectivity index (χ0) is 18.1. The summed E-state index contributed by atoms with van der Waals surface area (Å²) in [5, 5.41) is 10.8. The van der Waals surface area contributed by atoms with Gasteiger partial charge in [-0.15, -0.1) is 0 Å². The molecule has 2 saturated heterocycles. The number of fused-ring (bicyclic) bond motifs is 1. The number of ketones is 1. The van der Waals surface area contributed by atoms with E-state index >= 15 is 0 Å². The van der Waals surface area contributed by atoms with Gasteiger partial charge in [-0.1, -0.05) is 45.1 Å². The minimum atomic E-state index is -1.07. The van der Waals surface area contributed by atoms with Crippen LogP contribution in [0.2, 0.25) is 0 Å². The molecule has 134 valence electrons. The van der Waals surface area contributed by atoms with Crippen LogP contribution < -0.4 is 0 Å². The second-order valence-electron chi connectivity index (χ2n) is 8.10. The molecular formula is C20H24O5. The molecule has 1 saturated carbocycles. The summed E-state index contributed by atoms with van der Waals surface area (Å²) in [5.41, 5.74) is -0.108. The van der Waals surface area contributed by atoms with Crippen LogP contribution in [-0.4, -0.2) is 34.7 Å². The topological polar surface area (TPSA) is 72.8 Å². The summed E-state index contributed by atoms with van der Waals surface area (Å²) in [4.78, 5) is 25.6. The van der Waals surface area contributed by atoms with E-state index < -0.39 is 29.7 Å². The average molecular weight is 344 g/mol. The Morgan fingerprint density at radius 3 is 2.68 bits per heavy atom. The number of hydrogen-bond donors (Lipinski definition) is 1.